The maximum atomic E-state index is 14.4. The van der Waals surface area contributed by atoms with Crippen LogP contribution < -0.4 is 9.62 Å². The zero-order chi connectivity index (χ0) is 32.0. The standard InChI is InChI=1S/C34H41Cl2N3O4S/c1-5-31(34(41)37-26-12-7-6-8-13-26)38(21-28-29(35)14-10-15-30(28)36)33(40)22-39(32-16-9-11-24(3)25(32)4)44(42,43)27-19-17-23(2)18-20-27/h9-11,14-20,26,31H,5-8,12-13,21-22H2,1-4H3,(H,37,41)/t31-/m1/s1. The van der Waals surface area contributed by atoms with Gasteiger partial charge in [-0.25, -0.2) is 8.42 Å². The summed E-state index contributed by atoms with van der Waals surface area (Å²) >= 11 is 13.1. The van der Waals surface area contributed by atoms with E-state index in [1.54, 1.807) is 54.6 Å². The third-order valence-corrected chi connectivity index (χ3v) is 10.9. The minimum atomic E-state index is -4.17. The van der Waals surface area contributed by atoms with Crippen molar-refractivity contribution in [2.45, 2.75) is 89.7 Å². The zero-order valence-corrected chi connectivity index (χ0v) is 28.1. The number of carbonyl (C=O) groups excluding carboxylic acids is 2. The second-order valence-electron chi connectivity index (χ2n) is 11.5. The summed E-state index contributed by atoms with van der Waals surface area (Å²) in [6.45, 7) is 6.87. The lowest BCUT2D eigenvalue weighted by Gasteiger charge is -2.35. The predicted molar refractivity (Wildman–Crippen MR) is 178 cm³/mol. The smallest absolute Gasteiger partial charge is 0.264 e. The van der Waals surface area contributed by atoms with Gasteiger partial charge < -0.3 is 10.2 Å². The number of sulfonamides is 1. The molecule has 4 rings (SSSR count). The highest BCUT2D eigenvalue weighted by Gasteiger charge is 2.35. The second kappa shape index (κ2) is 14.8. The van der Waals surface area contributed by atoms with Crippen molar-refractivity contribution in [3.63, 3.8) is 0 Å². The number of aryl methyl sites for hydroxylation is 2. The molecule has 1 aliphatic carbocycles. The monoisotopic (exact) mass is 657 g/mol. The molecular formula is C34H41Cl2N3O4S. The molecule has 2 amide bonds. The van der Waals surface area contributed by atoms with E-state index in [1.165, 1.54) is 4.90 Å². The van der Waals surface area contributed by atoms with Gasteiger partial charge in [-0.1, -0.05) is 85.3 Å². The molecule has 0 aromatic heterocycles. The van der Waals surface area contributed by atoms with Crippen molar-refractivity contribution >= 4 is 50.7 Å². The van der Waals surface area contributed by atoms with Crippen molar-refractivity contribution < 1.29 is 18.0 Å². The van der Waals surface area contributed by atoms with E-state index in [1.807, 2.05) is 33.8 Å². The van der Waals surface area contributed by atoms with E-state index in [9.17, 15) is 18.0 Å². The SMILES string of the molecule is CC[C@H](C(=O)NC1CCCCC1)N(Cc1c(Cl)cccc1Cl)C(=O)CN(c1cccc(C)c1C)S(=O)(=O)c1ccc(C)cc1. The van der Waals surface area contributed by atoms with Gasteiger partial charge in [0.1, 0.15) is 12.6 Å². The van der Waals surface area contributed by atoms with Crippen LogP contribution in [0.15, 0.2) is 65.6 Å². The van der Waals surface area contributed by atoms with Crippen molar-refractivity contribution in [2.24, 2.45) is 0 Å². The Morgan fingerprint density at radius 2 is 1.52 bits per heavy atom. The highest BCUT2D eigenvalue weighted by atomic mass is 35.5. The summed E-state index contributed by atoms with van der Waals surface area (Å²) in [7, 11) is -4.17. The van der Waals surface area contributed by atoms with Crippen LogP contribution in [-0.2, 0) is 26.2 Å². The van der Waals surface area contributed by atoms with Gasteiger partial charge in [-0.15, -0.1) is 0 Å². The lowest BCUT2D eigenvalue weighted by atomic mass is 9.95. The van der Waals surface area contributed by atoms with Gasteiger partial charge in [-0.2, -0.15) is 0 Å². The Kier molecular flexibility index (Phi) is 11.4. The van der Waals surface area contributed by atoms with Crippen LogP contribution in [0.1, 0.15) is 67.7 Å². The number of benzene rings is 3. The van der Waals surface area contributed by atoms with E-state index in [-0.39, 0.29) is 23.4 Å². The fourth-order valence-corrected chi connectivity index (χ4v) is 7.66. The maximum Gasteiger partial charge on any atom is 0.264 e. The molecule has 1 N–H and O–H groups in total. The Morgan fingerprint density at radius 1 is 0.909 bits per heavy atom. The summed E-state index contributed by atoms with van der Waals surface area (Å²) in [5.41, 5.74) is 3.42. The van der Waals surface area contributed by atoms with Gasteiger partial charge in [0, 0.05) is 28.2 Å². The molecule has 0 heterocycles. The summed E-state index contributed by atoms with van der Waals surface area (Å²) in [4.78, 5) is 29.7. The quantitative estimate of drug-likeness (QED) is 0.233. The minimum Gasteiger partial charge on any atom is -0.352 e. The second-order valence-corrected chi connectivity index (χ2v) is 14.2. The molecule has 1 aliphatic rings. The number of anilines is 1. The Balaban J connectivity index is 1.77. The average molecular weight is 659 g/mol. The number of halogens is 2. The van der Waals surface area contributed by atoms with Crippen molar-refractivity contribution in [2.75, 3.05) is 10.8 Å². The maximum absolute atomic E-state index is 14.4. The van der Waals surface area contributed by atoms with Crippen LogP contribution in [0, 0.1) is 20.8 Å². The van der Waals surface area contributed by atoms with Gasteiger partial charge in [0.25, 0.3) is 10.0 Å². The molecule has 0 spiro atoms. The number of hydrogen-bond acceptors (Lipinski definition) is 4. The van der Waals surface area contributed by atoms with Crippen LogP contribution in [0.5, 0.6) is 0 Å². The fourth-order valence-electron chi connectivity index (χ4n) is 5.67. The van der Waals surface area contributed by atoms with Crippen molar-refractivity contribution in [3.05, 3.63) is 93.0 Å². The Hall–Kier alpha value is -3.07. The summed E-state index contributed by atoms with van der Waals surface area (Å²) < 4.78 is 29.6. The first-order valence-electron chi connectivity index (χ1n) is 15.1. The van der Waals surface area contributed by atoms with Crippen LogP contribution >= 0.6 is 23.2 Å². The van der Waals surface area contributed by atoms with Gasteiger partial charge in [-0.3, -0.25) is 13.9 Å². The van der Waals surface area contributed by atoms with E-state index in [4.69, 9.17) is 23.2 Å². The lowest BCUT2D eigenvalue weighted by Crippen LogP contribution is -2.54. The van der Waals surface area contributed by atoms with Crippen molar-refractivity contribution in [1.82, 2.24) is 10.2 Å². The molecule has 1 atom stereocenters. The highest BCUT2D eigenvalue weighted by Crippen LogP contribution is 2.31. The van der Waals surface area contributed by atoms with Crippen LogP contribution in [-0.4, -0.2) is 43.8 Å². The topological polar surface area (TPSA) is 86.8 Å². The molecular weight excluding hydrogens is 617 g/mol. The molecule has 0 unspecified atom stereocenters. The van der Waals surface area contributed by atoms with E-state index in [0.29, 0.717) is 27.7 Å². The first-order chi connectivity index (χ1) is 20.9. The molecule has 236 valence electrons. The molecule has 3 aromatic rings. The van der Waals surface area contributed by atoms with E-state index < -0.39 is 28.5 Å². The normalized spacial score (nSPS) is 14.6. The molecule has 10 heteroatoms. The molecule has 3 aromatic carbocycles. The van der Waals surface area contributed by atoms with Gasteiger partial charge in [-0.05, 0) is 81.5 Å². The van der Waals surface area contributed by atoms with E-state index >= 15 is 0 Å². The Labute approximate surface area is 271 Å². The van der Waals surface area contributed by atoms with E-state index in [2.05, 4.69) is 5.32 Å². The summed E-state index contributed by atoms with van der Waals surface area (Å²) in [6, 6.07) is 16.2. The molecule has 0 radical (unpaired) electrons. The molecule has 7 nitrogen and oxygen atoms in total. The number of amides is 2. The van der Waals surface area contributed by atoms with Crippen LogP contribution in [0.3, 0.4) is 0 Å². The third-order valence-electron chi connectivity index (χ3n) is 8.46. The Bertz CT molecular complexity index is 1570. The number of nitrogens with one attached hydrogen (secondary N) is 1. The van der Waals surface area contributed by atoms with Gasteiger partial charge in [0.2, 0.25) is 11.8 Å². The number of carbonyl (C=O) groups is 2. The van der Waals surface area contributed by atoms with Crippen LogP contribution in [0.25, 0.3) is 0 Å². The van der Waals surface area contributed by atoms with Gasteiger partial charge >= 0.3 is 0 Å². The number of hydrogen-bond donors (Lipinski definition) is 1. The minimum absolute atomic E-state index is 0.0412. The first kappa shape index (κ1) is 33.8. The molecule has 0 bridgehead atoms. The summed E-state index contributed by atoms with van der Waals surface area (Å²) in [6.07, 6.45) is 5.33. The molecule has 44 heavy (non-hydrogen) atoms. The van der Waals surface area contributed by atoms with E-state index in [0.717, 1.165) is 53.1 Å². The molecule has 1 fully saturated rings. The summed E-state index contributed by atoms with van der Waals surface area (Å²) in [5.74, 6) is -0.807. The van der Waals surface area contributed by atoms with Crippen LogP contribution in [0.4, 0.5) is 5.69 Å². The average Bonchev–Trinajstić information content (AvgIpc) is 2.99. The van der Waals surface area contributed by atoms with Crippen molar-refractivity contribution in [3.8, 4) is 0 Å². The summed E-state index contributed by atoms with van der Waals surface area (Å²) in [5, 5.41) is 3.87. The largest absolute Gasteiger partial charge is 0.352 e. The number of rotatable bonds is 11. The zero-order valence-electron chi connectivity index (χ0n) is 25.8. The fraction of sp³-hybridized carbons (Fsp3) is 0.412. The lowest BCUT2D eigenvalue weighted by molar-refractivity contribution is -0.140. The van der Waals surface area contributed by atoms with Gasteiger partial charge in [0.05, 0.1) is 10.6 Å². The molecule has 0 aliphatic heterocycles. The molecule has 0 saturated heterocycles. The predicted octanol–water partition coefficient (Wildman–Crippen LogP) is 7.37. The third kappa shape index (κ3) is 7.76. The molecule has 1 saturated carbocycles. The van der Waals surface area contributed by atoms with Gasteiger partial charge in [0.15, 0.2) is 0 Å². The Morgan fingerprint density at radius 3 is 2.14 bits per heavy atom. The highest BCUT2D eigenvalue weighted by molar-refractivity contribution is 7.92. The number of nitrogens with zero attached hydrogens (tertiary/aromatic N) is 2. The van der Waals surface area contributed by atoms with Crippen molar-refractivity contribution in [1.29, 1.82) is 0 Å². The van der Waals surface area contributed by atoms with Crippen LogP contribution in [0.2, 0.25) is 10.0 Å². The first-order valence-corrected chi connectivity index (χ1v) is 17.3.